The largest absolute Gasteiger partial charge is 0.481 e. The summed E-state index contributed by atoms with van der Waals surface area (Å²) in [7, 11) is 0. The Bertz CT molecular complexity index is 1650. The lowest BCUT2D eigenvalue weighted by molar-refractivity contribution is -0.139. The fourth-order valence-electron chi connectivity index (χ4n) is 5.66. The van der Waals surface area contributed by atoms with Gasteiger partial charge in [0.2, 0.25) is 11.8 Å². The van der Waals surface area contributed by atoms with Crippen LogP contribution in [-0.2, 0) is 35.9 Å². The van der Waals surface area contributed by atoms with Gasteiger partial charge in [-0.25, -0.2) is 4.79 Å². The van der Waals surface area contributed by atoms with Crippen molar-refractivity contribution in [2.24, 2.45) is 0 Å². The molecule has 10 nitrogen and oxygen atoms in total. The van der Waals surface area contributed by atoms with E-state index < -0.39 is 65.7 Å². The Morgan fingerprint density at radius 2 is 1.10 bits per heavy atom. The van der Waals surface area contributed by atoms with Gasteiger partial charge in [0.1, 0.15) is 17.2 Å². The number of carboxylic acids is 1. The van der Waals surface area contributed by atoms with E-state index in [2.05, 4.69) is 16.0 Å². The summed E-state index contributed by atoms with van der Waals surface area (Å²) in [5, 5.41) is 17.6. The van der Waals surface area contributed by atoms with E-state index in [0.717, 1.165) is 22.3 Å². The van der Waals surface area contributed by atoms with E-state index in [1.54, 1.807) is 45.0 Å². The lowest BCUT2D eigenvalue weighted by Gasteiger charge is -2.37. The summed E-state index contributed by atoms with van der Waals surface area (Å²) in [6.45, 7) is 5.00. The van der Waals surface area contributed by atoms with Crippen LogP contribution in [0.4, 0.5) is 4.79 Å². The molecule has 0 radical (unpaired) electrons. The molecule has 0 bridgehead atoms. The van der Waals surface area contributed by atoms with Crippen LogP contribution >= 0.6 is 0 Å². The van der Waals surface area contributed by atoms with Crippen molar-refractivity contribution in [3.8, 4) is 0 Å². The van der Waals surface area contributed by atoms with E-state index in [4.69, 9.17) is 4.74 Å². The number of hydrogen-bond donors (Lipinski definition) is 4. The Kier molecular flexibility index (Phi) is 12.6. The second-order valence-corrected chi connectivity index (χ2v) is 12.9. The fraction of sp³-hybridized carbons (Fsp3) is 0.275. The number of Topliss-reactive ketones (excluding diaryl/α,β-unsaturated/α-hetero) is 1. The van der Waals surface area contributed by atoms with Crippen LogP contribution in [0.2, 0.25) is 0 Å². The first-order valence-electron chi connectivity index (χ1n) is 16.4. The molecule has 50 heavy (non-hydrogen) atoms. The van der Waals surface area contributed by atoms with Gasteiger partial charge >= 0.3 is 12.1 Å². The van der Waals surface area contributed by atoms with Crippen molar-refractivity contribution in [1.82, 2.24) is 16.0 Å². The predicted octanol–water partition coefficient (Wildman–Crippen LogP) is 5.54. The summed E-state index contributed by atoms with van der Waals surface area (Å²) in [6.07, 6.45) is -2.09. The van der Waals surface area contributed by atoms with Gasteiger partial charge in [-0.05, 0) is 49.4 Å². The molecule has 4 aromatic carbocycles. The minimum atomic E-state index is -1.46. The highest BCUT2D eigenvalue weighted by Crippen LogP contribution is 2.37. The van der Waals surface area contributed by atoms with Gasteiger partial charge in [-0.2, -0.15) is 0 Å². The lowest BCUT2D eigenvalue weighted by Crippen LogP contribution is -2.55. The van der Waals surface area contributed by atoms with Crippen LogP contribution in [0.3, 0.4) is 0 Å². The number of carbonyl (C=O) groups is 5. The summed E-state index contributed by atoms with van der Waals surface area (Å²) < 4.78 is 5.43. The van der Waals surface area contributed by atoms with E-state index >= 15 is 0 Å². The van der Waals surface area contributed by atoms with Gasteiger partial charge in [-0.15, -0.1) is 0 Å². The third kappa shape index (κ3) is 10.4. The summed E-state index contributed by atoms with van der Waals surface area (Å²) in [5.41, 5.74) is 0.931. The van der Waals surface area contributed by atoms with Crippen LogP contribution in [0.1, 0.15) is 62.3 Å². The first-order chi connectivity index (χ1) is 23.9. The minimum Gasteiger partial charge on any atom is -0.481 e. The average Bonchev–Trinajstić information content (AvgIpc) is 3.09. The number of carboxylic acid groups (broad SMARTS) is 1. The Balaban J connectivity index is 1.70. The SMILES string of the molecule is CC(C)(C)OC(=O)N[C@@H](CC(=O)NC(c1ccccc1)(c1ccccc1)c1ccccc1)C(=O)N[C@@H](Cc1ccccc1)C(=O)CCC(=O)O. The van der Waals surface area contributed by atoms with Crippen molar-refractivity contribution in [1.29, 1.82) is 0 Å². The zero-order valence-electron chi connectivity index (χ0n) is 28.4. The number of amides is 3. The van der Waals surface area contributed by atoms with Crippen molar-refractivity contribution in [2.45, 2.75) is 69.7 Å². The van der Waals surface area contributed by atoms with Crippen LogP contribution in [0.25, 0.3) is 0 Å². The number of rotatable bonds is 15. The molecule has 4 N–H and O–H groups in total. The van der Waals surface area contributed by atoms with E-state index in [0.29, 0.717) is 0 Å². The second-order valence-electron chi connectivity index (χ2n) is 12.9. The molecule has 0 unspecified atom stereocenters. The van der Waals surface area contributed by atoms with Crippen LogP contribution in [0.5, 0.6) is 0 Å². The molecule has 4 aromatic rings. The molecule has 3 amide bonds. The number of benzene rings is 4. The molecule has 0 aliphatic heterocycles. The van der Waals surface area contributed by atoms with Crippen molar-refractivity contribution in [3.05, 3.63) is 144 Å². The highest BCUT2D eigenvalue weighted by molar-refractivity contribution is 5.95. The number of ether oxygens (including phenoxy) is 1. The lowest BCUT2D eigenvalue weighted by atomic mass is 9.77. The number of hydrogen-bond acceptors (Lipinski definition) is 6. The highest BCUT2D eigenvalue weighted by atomic mass is 16.6. The molecule has 0 fully saturated rings. The Morgan fingerprint density at radius 3 is 1.54 bits per heavy atom. The molecule has 0 spiro atoms. The van der Waals surface area contributed by atoms with Crippen LogP contribution in [-0.4, -0.2) is 52.5 Å². The molecule has 4 rings (SSSR count). The van der Waals surface area contributed by atoms with Crippen LogP contribution < -0.4 is 16.0 Å². The molecule has 10 heteroatoms. The third-order valence-corrected chi connectivity index (χ3v) is 7.92. The predicted molar refractivity (Wildman–Crippen MR) is 189 cm³/mol. The first kappa shape index (κ1) is 37.1. The maximum Gasteiger partial charge on any atom is 0.408 e. The molecule has 0 heterocycles. The third-order valence-electron chi connectivity index (χ3n) is 7.92. The van der Waals surface area contributed by atoms with E-state index in [9.17, 15) is 29.1 Å². The highest BCUT2D eigenvalue weighted by Gasteiger charge is 2.39. The van der Waals surface area contributed by atoms with Crippen molar-refractivity contribution < 1.29 is 33.8 Å². The molecule has 0 saturated heterocycles. The molecule has 0 aliphatic carbocycles. The van der Waals surface area contributed by atoms with Crippen molar-refractivity contribution >= 4 is 29.7 Å². The molecule has 260 valence electrons. The molecule has 0 aromatic heterocycles. The van der Waals surface area contributed by atoms with Crippen molar-refractivity contribution in [2.75, 3.05) is 0 Å². The quantitative estimate of drug-likeness (QED) is 0.121. The van der Waals surface area contributed by atoms with Gasteiger partial charge < -0.3 is 25.8 Å². The summed E-state index contributed by atoms with van der Waals surface area (Å²) in [4.78, 5) is 65.7. The molecular weight excluding hydrogens is 634 g/mol. The molecular formula is C40H43N3O7. The molecule has 0 aliphatic rings. The number of aliphatic carboxylic acids is 1. The van der Waals surface area contributed by atoms with Gasteiger partial charge in [0.25, 0.3) is 0 Å². The summed E-state index contributed by atoms with van der Waals surface area (Å²) in [5.74, 6) is -3.03. The maximum atomic E-state index is 14.2. The smallest absolute Gasteiger partial charge is 0.408 e. The van der Waals surface area contributed by atoms with Gasteiger partial charge in [0, 0.05) is 6.42 Å². The summed E-state index contributed by atoms with van der Waals surface area (Å²) in [6, 6.07) is 34.6. The van der Waals surface area contributed by atoms with Gasteiger partial charge in [0.15, 0.2) is 5.78 Å². The van der Waals surface area contributed by atoms with Gasteiger partial charge in [-0.1, -0.05) is 121 Å². The number of alkyl carbamates (subject to hydrolysis) is 1. The number of carbonyl (C=O) groups excluding carboxylic acids is 4. The van der Waals surface area contributed by atoms with Gasteiger partial charge in [0.05, 0.1) is 18.9 Å². The second kappa shape index (κ2) is 17.1. The average molecular weight is 678 g/mol. The standard InChI is InChI=1S/C40H43N3O7/c1-39(2,3)50-38(49)42-33(37(48)41-32(34(44)24-25-36(46)47)26-28-16-8-4-9-17-28)27-35(45)43-40(29-18-10-5-11-19-29,30-20-12-6-13-21-30)31-22-14-7-15-23-31/h4-23,32-33H,24-27H2,1-3H3,(H,41,48)(H,42,49)(H,43,45)(H,46,47)/t32-,33-/m0/s1. The van der Waals surface area contributed by atoms with Gasteiger partial charge in [-0.3, -0.25) is 19.2 Å². The van der Waals surface area contributed by atoms with E-state index in [1.807, 2.05) is 97.1 Å². The Labute approximate surface area is 292 Å². The molecule has 2 atom stereocenters. The van der Waals surface area contributed by atoms with Crippen LogP contribution in [0.15, 0.2) is 121 Å². The fourth-order valence-corrected chi connectivity index (χ4v) is 5.66. The summed E-state index contributed by atoms with van der Waals surface area (Å²) >= 11 is 0. The van der Waals surface area contributed by atoms with Crippen LogP contribution in [0, 0.1) is 0 Å². The topological polar surface area (TPSA) is 151 Å². The number of ketones is 1. The van der Waals surface area contributed by atoms with E-state index in [-0.39, 0.29) is 12.8 Å². The van der Waals surface area contributed by atoms with Crippen molar-refractivity contribution in [3.63, 3.8) is 0 Å². The zero-order chi connectivity index (χ0) is 36.1. The Hall–Kier alpha value is -5.77. The maximum absolute atomic E-state index is 14.2. The monoisotopic (exact) mass is 677 g/mol. The zero-order valence-corrected chi connectivity index (χ0v) is 28.4. The minimum absolute atomic E-state index is 0.0789. The molecule has 0 saturated carbocycles. The van der Waals surface area contributed by atoms with E-state index in [1.165, 1.54) is 0 Å². The Morgan fingerprint density at radius 1 is 0.640 bits per heavy atom. The first-order valence-corrected chi connectivity index (χ1v) is 16.4. The number of nitrogens with one attached hydrogen (secondary N) is 3. The normalized spacial score (nSPS) is 12.5.